The van der Waals surface area contributed by atoms with E-state index in [-0.39, 0.29) is 12.0 Å². The van der Waals surface area contributed by atoms with Crippen LogP contribution in [0.4, 0.5) is 5.69 Å². The summed E-state index contributed by atoms with van der Waals surface area (Å²) in [7, 11) is 1.59. The standard InChI is InChI=1S/C14H20N2O3/c1-16-14(17)12-6-5-10(15)8-13(12)19-9-11-4-2-3-7-18-11/h5-6,8,11H,2-4,7,9,15H2,1H3,(H,16,17). The number of nitrogens with two attached hydrogens (primary N) is 1. The molecule has 5 nitrogen and oxygen atoms in total. The van der Waals surface area contributed by atoms with Crippen LogP contribution in [0.3, 0.4) is 0 Å². The summed E-state index contributed by atoms with van der Waals surface area (Å²) in [6.07, 6.45) is 3.37. The minimum atomic E-state index is -0.181. The Morgan fingerprint density at radius 3 is 3.05 bits per heavy atom. The van der Waals surface area contributed by atoms with E-state index in [2.05, 4.69) is 5.32 Å². The number of amides is 1. The highest BCUT2D eigenvalue weighted by molar-refractivity contribution is 5.97. The van der Waals surface area contributed by atoms with Crippen LogP contribution in [0.2, 0.25) is 0 Å². The Kier molecular flexibility index (Phi) is 4.63. The summed E-state index contributed by atoms with van der Waals surface area (Å²) in [6, 6.07) is 5.03. The zero-order valence-electron chi connectivity index (χ0n) is 11.1. The molecule has 5 heteroatoms. The number of carbonyl (C=O) groups excluding carboxylic acids is 1. The first kappa shape index (κ1) is 13.7. The third kappa shape index (κ3) is 3.61. The lowest BCUT2D eigenvalue weighted by Gasteiger charge is -2.23. The van der Waals surface area contributed by atoms with E-state index in [1.165, 1.54) is 0 Å². The van der Waals surface area contributed by atoms with Gasteiger partial charge in [0.25, 0.3) is 5.91 Å². The Labute approximate surface area is 113 Å². The summed E-state index contributed by atoms with van der Waals surface area (Å²) in [5.74, 6) is 0.327. The largest absolute Gasteiger partial charge is 0.490 e. The number of anilines is 1. The van der Waals surface area contributed by atoms with Crippen LogP contribution >= 0.6 is 0 Å². The first-order valence-electron chi connectivity index (χ1n) is 6.56. The molecule has 1 amide bonds. The fourth-order valence-corrected chi connectivity index (χ4v) is 2.10. The highest BCUT2D eigenvalue weighted by atomic mass is 16.5. The van der Waals surface area contributed by atoms with Crippen molar-refractivity contribution in [2.24, 2.45) is 0 Å². The van der Waals surface area contributed by atoms with Crippen molar-refractivity contribution in [2.45, 2.75) is 25.4 Å². The SMILES string of the molecule is CNC(=O)c1ccc(N)cc1OCC1CCCCO1. The molecule has 1 aliphatic rings. The average Bonchev–Trinajstić information content (AvgIpc) is 2.45. The molecule has 2 rings (SSSR count). The summed E-state index contributed by atoms with van der Waals surface area (Å²) in [6.45, 7) is 1.24. The van der Waals surface area contributed by atoms with Gasteiger partial charge in [-0.05, 0) is 31.4 Å². The molecule has 1 aliphatic heterocycles. The third-order valence-corrected chi connectivity index (χ3v) is 3.18. The number of benzene rings is 1. The van der Waals surface area contributed by atoms with Crippen LogP contribution in [0.15, 0.2) is 18.2 Å². The van der Waals surface area contributed by atoms with Gasteiger partial charge in [0.1, 0.15) is 12.4 Å². The molecule has 1 atom stereocenters. The molecule has 0 radical (unpaired) electrons. The summed E-state index contributed by atoms with van der Waals surface area (Å²) < 4.78 is 11.3. The molecule has 104 valence electrons. The molecule has 1 unspecified atom stereocenters. The van der Waals surface area contributed by atoms with Crippen molar-refractivity contribution in [3.8, 4) is 5.75 Å². The Morgan fingerprint density at radius 2 is 2.37 bits per heavy atom. The average molecular weight is 264 g/mol. The molecule has 0 aromatic heterocycles. The van der Waals surface area contributed by atoms with Crippen LogP contribution in [0.1, 0.15) is 29.6 Å². The molecule has 0 saturated carbocycles. The number of nitrogen functional groups attached to an aromatic ring is 1. The van der Waals surface area contributed by atoms with Gasteiger partial charge in [-0.3, -0.25) is 4.79 Å². The zero-order chi connectivity index (χ0) is 13.7. The minimum Gasteiger partial charge on any atom is -0.490 e. The van der Waals surface area contributed by atoms with E-state index in [0.29, 0.717) is 23.6 Å². The van der Waals surface area contributed by atoms with Gasteiger partial charge in [-0.15, -0.1) is 0 Å². The Bertz CT molecular complexity index is 442. The molecule has 1 saturated heterocycles. The van der Waals surface area contributed by atoms with Crippen LogP contribution in [-0.4, -0.2) is 32.3 Å². The van der Waals surface area contributed by atoms with Gasteiger partial charge in [0.2, 0.25) is 0 Å². The van der Waals surface area contributed by atoms with Gasteiger partial charge in [-0.2, -0.15) is 0 Å². The molecule has 1 aromatic rings. The third-order valence-electron chi connectivity index (χ3n) is 3.18. The van der Waals surface area contributed by atoms with Gasteiger partial charge in [0, 0.05) is 25.4 Å². The monoisotopic (exact) mass is 264 g/mol. The van der Waals surface area contributed by atoms with Crippen molar-refractivity contribution < 1.29 is 14.3 Å². The maximum absolute atomic E-state index is 11.7. The van der Waals surface area contributed by atoms with Crippen LogP contribution in [-0.2, 0) is 4.74 Å². The van der Waals surface area contributed by atoms with E-state index in [1.54, 1.807) is 25.2 Å². The fourth-order valence-electron chi connectivity index (χ4n) is 2.10. The molecular formula is C14H20N2O3. The lowest BCUT2D eigenvalue weighted by atomic mass is 10.1. The first-order chi connectivity index (χ1) is 9.20. The lowest BCUT2D eigenvalue weighted by molar-refractivity contribution is -0.0112. The Hall–Kier alpha value is -1.75. The normalized spacial score (nSPS) is 18.9. The molecule has 19 heavy (non-hydrogen) atoms. The Balaban J connectivity index is 2.05. The van der Waals surface area contributed by atoms with Crippen molar-refractivity contribution in [3.63, 3.8) is 0 Å². The van der Waals surface area contributed by atoms with Crippen LogP contribution in [0.25, 0.3) is 0 Å². The number of hydrogen-bond acceptors (Lipinski definition) is 4. The molecule has 1 fully saturated rings. The summed E-state index contributed by atoms with van der Waals surface area (Å²) in [4.78, 5) is 11.7. The summed E-state index contributed by atoms with van der Waals surface area (Å²) >= 11 is 0. The van der Waals surface area contributed by atoms with Gasteiger partial charge in [0.05, 0.1) is 11.7 Å². The molecule has 1 aromatic carbocycles. The number of rotatable bonds is 4. The molecular weight excluding hydrogens is 244 g/mol. The van der Waals surface area contributed by atoms with Gasteiger partial charge >= 0.3 is 0 Å². The lowest BCUT2D eigenvalue weighted by Crippen LogP contribution is -2.27. The van der Waals surface area contributed by atoms with E-state index < -0.39 is 0 Å². The highest BCUT2D eigenvalue weighted by Crippen LogP contribution is 2.23. The van der Waals surface area contributed by atoms with Crippen molar-refractivity contribution in [3.05, 3.63) is 23.8 Å². The number of hydrogen-bond donors (Lipinski definition) is 2. The van der Waals surface area contributed by atoms with Crippen molar-refractivity contribution in [2.75, 3.05) is 26.0 Å². The number of carbonyl (C=O) groups is 1. The van der Waals surface area contributed by atoms with Gasteiger partial charge in [-0.25, -0.2) is 0 Å². The Morgan fingerprint density at radius 1 is 1.53 bits per heavy atom. The smallest absolute Gasteiger partial charge is 0.254 e. The second-order valence-corrected chi connectivity index (χ2v) is 4.63. The predicted octanol–water partition coefficient (Wildman–Crippen LogP) is 1.58. The quantitative estimate of drug-likeness (QED) is 0.810. The second-order valence-electron chi connectivity index (χ2n) is 4.63. The van der Waals surface area contributed by atoms with Crippen molar-refractivity contribution in [1.29, 1.82) is 0 Å². The van der Waals surface area contributed by atoms with Gasteiger partial charge in [-0.1, -0.05) is 0 Å². The zero-order valence-corrected chi connectivity index (χ0v) is 11.1. The van der Waals surface area contributed by atoms with E-state index in [1.807, 2.05) is 0 Å². The van der Waals surface area contributed by atoms with Crippen molar-refractivity contribution >= 4 is 11.6 Å². The van der Waals surface area contributed by atoms with Crippen LogP contribution in [0, 0.1) is 0 Å². The molecule has 0 bridgehead atoms. The van der Waals surface area contributed by atoms with E-state index in [4.69, 9.17) is 15.2 Å². The molecule has 3 N–H and O–H groups in total. The maximum Gasteiger partial charge on any atom is 0.254 e. The first-order valence-corrected chi connectivity index (χ1v) is 6.56. The van der Waals surface area contributed by atoms with Crippen molar-refractivity contribution in [1.82, 2.24) is 5.32 Å². The highest BCUT2D eigenvalue weighted by Gasteiger charge is 2.17. The van der Waals surface area contributed by atoms with Crippen LogP contribution in [0.5, 0.6) is 5.75 Å². The number of ether oxygens (including phenoxy) is 2. The van der Waals surface area contributed by atoms with Gasteiger partial charge in [0.15, 0.2) is 0 Å². The minimum absolute atomic E-state index is 0.104. The topological polar surface area (TPSA) is 73.6 Å². The van der Waals surface area contributed by atoms with E-state index in [9.17, 15) is 4.79 Å². The molecule has 0 aliphatic carbocycles. The number of nitrogens with one attached hydrogen (secondary N) is 1. The summed E-state index contributed by atoms with van der Waals surface area (Å²) in [5, 5.41) is 2.59. The van der Waals surface area contributed by atoms with E-state index >= 15 is 0 Å². The molecule has 0 spiro atoms. The second kappa shape index (κ2) is 6.43. The van der Waals surface area contributed by atoms with E-state index in [0.717, 1.165) is 25.9 Å². The molecule has 1 heterocycles. The van der Waals surface area contributed by atoms with Crippen LogP contribution < -0.4 is 15.8 Å². The predicted molar refractivity (Wildman–Crippen MR) is 73.3 cm³/mol. The maximum atomic E-state index is 11.7. The van der Waals surface area contributed by atoms with Gasteiger partial charge < -0.3 is 20.5 Å². The fraction of sp³-hybridized carbons (Fsp3) is 0.500. The summed E-state index contributed by atoms with van der Waals surface area (Å²) in [5.41, 5.74) is 6.80.